The van der Waals surface area contributed by atoms with E-state index in [-0.39, 0.29) is 36.5 Å². The van der Waals surface area contributed by atoms with Gasteiger partial charge in [0, 0.05) is 45.7 Å². The number of carbonyl (C=O) groups is 2. The lowest BCUT2D eigenvalue weighted by atomic mass is 9.97. The molecule has 5 nitrogen and oxygen atoms in total. The molecule has 2 amide bonds. The summed E-state index contributed by atoms with van der Waals surface area (Å²) < 4.78 is 14.7. The van der Waals surface area contributed by atoms with E-state index in [4.69, 9.17) is 0 Å². The lowest BCUT2D eigenvalue weighted by Gasteiger charge is -2.25. The lowest BCUT2D eigenvalue weighted by Crippen LogP contribution is -2.32. The summed E-state index contributed by atoms with van der Waals surface area (Å²) in [7, 11) is 0. The van der Waals surface area contributed by atoms with Crippen molar-refractivity contribution in [1.29, 1.82) is 0 Å². The zero-order valence-electron chi connectivity index (χ0n) is 16.9. The number of H-pyrrole nitrogens is 1. The van der Waals surface area contributed by atoms with Crippen LogP contribution in [-0.4, -0.2) is 28.2 Å². The number of aromatic nitrogens is 1. The molecule has 1 aromatic heterocycles. The number of amides is 2. The first kappa shape index (κ1) is 20.5. The van der Waals surface area contributed by atoms with Crippen LogP contribution in [0.5, 0.6) is 0 Å². The van der Waals surface area contributed by atoms with Crippen molar-refractivity contribution < 1.29 is 14.0 Å². The fraction of sp³-hybridized carbons (Fsp3) is 0.120. The first-order valence-corrected chi connectivity index (χ1v) is 11.0. The molecule has 0 saturated carbocycles. The van der Waals surface area contributed by atoms with E-state index in [9.17, 15) is 14.0 Å². The third-order valence-corrected chi connectivity index (χ3v) is 6.25. The molecule has 1 aliphatic rings. The smallest absolute Gasteiger partial charge is 0.255 e. The molecule has 2 heterocycles. The zero-order chi connectivity index (χ0) is 22.2. The third kappa shape index (κ3) is 3.58. The Kier molecular flexibility index (Phi) is 5.27. The van der Waals surface area contributed by atoms with Gasteiger partial charge in [0.25, 0.3) is 5.91 Å². The first-order valence-electron chi connectivity index (χ1n) is 10.2. The van der Waals surface area contributed by atoms with Crippen LogP contribution in [0.2, 0.25) is 0 Å². The maximum absolute atomic E-state index is 14.1. The number of nitrogens with one attached hydrogen (secondary N) is 2. The summed E-state index contributed by atoms with van der Waals surface area (Å²) in [6.07, 6.45) is 1.98. The largest absolute Gasteiger partial charge is 0.361 e. The highest BCUT2D eigenvalue weighted by Gasteiger charge is 2.38. The Morgan fingerprint density at radius 2 is 1.84 bits per heavy atom. The highest BCUT2D eigenvalue weighted by atomic mass is 79.9. The van der Waals surface area contributed by atoms with Crippen molar-refractivity contribution >= 4 is 44.3 Å². The number of nitrogens with zero attached hydrogens (tertiary/aromatic N) is 1. The summed E-state index contributed by atoms with van der Waals surface area (Å²) >= 11 is 3.20. The molecule has 3 aromatic carbocycles. The minimum atomic E-state index is -0.519. The minimum absolute atomic E-state index is 0.0497. The fourth-order valence-corrected chi connectivity index (χ4v) is 4.62. The van der Waals surface area contributed by atoms with Crippen molar-refractivity contribution in [2.75, 3.05) is 11.9 Å². The molecule has 0 fully saturated rings. The number of para-hydroxylation sites is 1. The maximum Gasteiger partial charge on any atom is 0.255 e. The van der Waals surface area contributed by atoms with E-state index in [1.54, 1.807) is 11.0 Å². The van der Waals surface area contributed by atoms with Gasteiger partial charge in [-0.15, -0.1) is 0 Å². The Labute approximate surface area is 192 Å². The number of hydrogen-bond donors (Lipinski definition) is 2. The monoisotopic (exact) mass is 491 g/mol. The molecule has 0 spiro atoms. The average molecular weight is 492 g/mol. The quantitative estimate of drug-likeness (QED) is 0.379. The third-order valence-electron chi connectivity index (χ3n) is 5.76. The van der Waals surface area contributed by atoms with E-state index >= 15 is 0 Å². The predicted octanol–water partition coefficient (Wildman–Crippen LogP) is 5.64. The predicted molar refractivity (Wildman–Crippen MR) is 125 cm³/mol. The van der Waals surface area contributed by atoms with Crippen molar-refractivity contribution in [3.05, 3.63) is 99.9 Å². The summed E-state index contributed by atoms with van der Waals surface area (Å²) in [6, 6.07) is 19.6. The summed E-state index contributed by atoms with van der Waals surface area (Å²) in [6.45, 7) is 0.210. The van der Waals surface area contributed by atoms with Crippen LogP contribution >= 0.6 is 15.9 Å². The van der Waals surface area contributed by atoms with Crippen molar-refractivity contribution in [2.24, 2.45) is 0 Å². The second-order valence-electron chi connectivity index (χ2n) is 7.70. The Morgan fingerprint density at radius 3 is 2.69 bits per heavy atom. The second-order valence-corrected chi connectivity index (χ2v) is 8.62. The standard InChI is InChI=1S/C25H19BrFN3O2/c26-15-9-10-22(20(27)13-15)29-23(31)11-12-30-24(17-6-1-2-7-18(17)25(30)32)19-14-28-21-8-4-3-5-16(19)21/h1-10,13-14,24,28H,11-12H2,(H,29,31). The molecular weight excluding hydrogens is 473 g/mol. The first-order chi connectivity index (χ1) is 15.5. The topological polar surface area (TPSA) is 65.2 Å². The number of rotatable bonds is 5. The van der Waals surface area contributed by atoms with Crippen LogP contribution in [-0.2, 0) is 4.79 Å². The van der Waals surface area contributed by atoms with Crippen LogP contribution in [0, 0.1) is 5.82 Å². The summed E-state index contributed by atoms with van der Waals surface area (Å²) in [5.41, 5.74) is 3.65. The Balaban J connectivity index is 1.42. The molecule has 1 unspecified atom stereocenters. The Morgan fingerprint density at radius 1 is 1.06 bits per heavy atom. The van der Waals surface area contributed by atoms with E-state index in [1.807, 2.05) is 54.7 Å². The second kappa shape index (κ2) is 8.24. The molecule has 2 N–H and O–H groups in total. The molecule has 32 heavy (non-hydrogen) atoms. The molecule has 5 rings (SSSR count). The number of aromatic amines is 1. The van der Waals surface area contributed by atoms with Gasteiger partial charge in [0.05, 0.1) is 11.7 Å². The van der Waals surface area contributed by atoms with Gasteiger partial charge < -0.3 is 15.2 Å². The number of fused-ring (bicyclic) bond motifs is 2. The Hall–Kier alpha value is -3.45. The van der Waals surface area contributed by atoms with Crippen molar-refractivity contribution in [3.63, 3.8) is 0 Å². The molecule has 0 saturated heterocycles. The number of benzene rings is 3. The number of halogens is 2. The molecule has 7 heteroatoms. The van der Waals surface area contributed by atoms with Crippen LogP contribution < -0.4 is 5.32 Å². The fourth-order valence-electron chi connectivity index (χ4n) is 4.28. The van der Waals surface area contributed by atoms with Gasteiger partial charge in [-0.1, -0.05) is 52.3 Å². The molecule has 0 radical (unpaired) electrons. The van der Waals surface area contributed by atoms with Crippen LogP contribution in [0.15, 0.2) is 77.4 Å². The van der Waals surface area contributed by atoms with Crippen LogP contribution in [0.4, 0.5) is 10.1 Å². The summed E-state index contributed by atoms with van der Waals surface area (Å²) in [5.74, 6) is -0.986. The van der Waals surface area contributed by atoms with Gasteiger partial charge in [0.2, 0.25) is 5.91 Å². The van der Waals surface area contributed by atoms with Crippen molar-refractivity contribution in [1.82, 2.24) is 9.88 Å². The Bertz CT molecular complexity index is 1350. The van der Waals surface area contributed by atoms with E-state index in [0.29, 0.717) is 10.0 Å². The SMILES string of the molecule is O=C(CCN1C(=O)c2ccccc2C1c1c[nH]c2ccccc12)Nc1ccc(Br)cc1F. The van der Waals surface area contributed by atoms with Crippen LogP contribution in [0.3, 0.4) is 0 Å². The number of anilines is 1. The minimum Gasteiger partial charge on any atom is -0.361 e. The number of carbonyl (C=O) groups excluding carboxylic acids is 2. The van der Waals surface area contributed by atoms with E-state index in [1.165, 1.54) is 12.1 Å². The van der Waals surface area contributed by atoms with E-state index in [2.05, 4.69) is 26.2 Å². The molecule has 4 aromatic rings. The molecule has 0 aliphatic carbocycles. The van der Waals surface area contributed by atoms with Gasteiger partial charge in [-0.05, 0) is 35.9 Å². The molecule has 0 bridgehead atoms. The molecule has 160 valence electrons. The summed E-state index contributed by atoms with van der Waals surface area (Å²) in [4.78, 5) is 30.8. The van der Waals surface area contributed by atoms with Crippen LogP contribution in [0.25, 0.3) is 10.9 Å². The molecule has 1 aliphatic heterocycles. The average Bonchev–Trinajstić information content (AvgIpc) is 3.33. The maximum atomic E-state index is 14.1. The highest BCUT2D eigenvalue weighted by molar-refractivity contribution is 9.10. The van der Waals surface area contributed by atoms with Crippen molar-refractivity contribution in [2.45, 2.75) is 12.5 Å². The van der Waals surface area contributed by atoms with E-state index in [0.717, 1.165) is 22.0 Å². The van der Waals surface area contributed by atoms with E-state index < -0.39 is 5.82 Å². The molecule has 1 atom stereocenters. The van der Waals surface area contributed by atoms with Crippen molar-refractivity contribution in [3.8, 4) is 0 Å². The number of hydrogen-bond acceptors (Lipinski definition) is 2. The normalized spacial score (nSPS) is 15.2. The van der Waals surface area contributed by atoms with Gasteiger partial charge in [0.1, 0.15) is 5.82 Å². The molecular formula is C25H19BrFN3O2. The van der Waals surface area contributed by atoms with Gasteiger partial charge in [-0.25, -0.2) is 4.39 Å². The van der Waals surface area contributed by atoms with Gasteiger partial charge in [0.15, 0.2) is 0 Å². The van der Waals surface area contributed by atoms with Gasteiger partial charge in [-0.3, -0.25) is 9.59 Å². The van der Waals surface area contributed by atoms with Gasteiger partial charge in [-0.2, -0.15) is 0 Å². The highest BCUT2D eigenvalue weighted by Crippen LogP contribution is 2.41. The zero-order valence-corrected chi connectivity index (χ0v) is 18.5. The lowest BCUT2D eigenvalue weighted by molar-refractivity contribution is -0.116. The van der Waals surface area contributed by atoms with Gasteiger partial charge >= 0.3 is 0 Å². The summed E-state index contributed by atoms with van der Waals surface area (Å²) in [5, 5.41) is 3.63. The van der Waals surface area contributed by atoms with Crippen LogP contribution in [0.1, 0.15) is 33.9 Å².